The molecule has 2 unspecified atom stereocenters. The van der Waals surface area contributed by atoms with Crippen molar-refractivity contribution in [3.63, 3.8) is 0 Å². The highest BCUT2D eigenvalue weighted by Gasteiger charge is 2.26. The highest BCUT2D eigenvalue weighted by Crippen LogP contribution is 2.24. The van der Waals surface area contributed by atoms with Crippen LogP contribution in [0, 0.1) is 5.92 Å². The molecule has 0 aliphatic heterocycles. The lowest BCUT2D eigenvalue weighted by Gasteiger charge is -2.27. The average Bonchev–Trinajstić information content (AvgIpc) is 2.84. The summed E-state index contributed by atoms with van der Waals surface area (Å²) in [5, 5.41) is 12.5. The zero-order valence-corrected chi connectivity index (χ0v) is 10.8. The van der Waals surface area contributed by atoms with E-state index in [2.05, 4.69) is 21.8 Å². The van der Waals surface area contributed by atoms with Crippen LogP contribution in [0.25, 0.3) is 0 Å². The Kier molecular flexibility index (Phi) is 4.36. The van der Waals surface area contributed by atoms with Crippen molar-refractivity contribution in [2.45, 2.75) is 51.7 Å². The number of nitrogens with one attached hydrogen (secondary N) is 1. The summed E-state index contributed by atoms with van der Waals surface area (Å²) in [4.78, 5) is 15.1. The lowest BCUT2D eigenvalue weighted by Crippen LogP contribution is -2.36. The van der Waals surface area contributed by atoms with Crippen LogP contribution in [-0.4, -0.2) is 26.7 Å². The molecule has 0 radical (unpaired) electrons. The Morgan fingerprint density at radius 1 is 1.61 bits per heavy atom. The van der Waals surface area contributed by atoms with E-state index in [1.165, 1.54) is 0 Å². The van der Waals surface area contributed by atoms with Crippen molar-refractivity contribution in [2.24, 2.45) is 5.92 Å². The Morgan fingerprint density at radius 3 is 3.17 bits per heavy atom. The fraction of sp³-hybridized carbons (Fsp3) is 0.692. The van der Waals surface area contributed by atoms with Crippen LogP contribution in [0.3, 0.4) is 0 Å². The van der Waals surface area contributed by atoms with Crippen molar-refractivity contribution in [1.82, 2.24) is 14.9 Å². The van der Waals surface area contributed by atoms with Crippen molar-refractivity contribution in [3.8, 4) is 0 Å². The monoisotopic (exact) mass is 251 g/mol. The highest BCUT2D eigenvalue weighted by molar-refractivity contribution is 5.70. The predicted molar refractivity (Wildman–Crippen MR) is 68.1 cm³/mol. The molecule has 0 bridgehead atoms. The molecule has 1 aromatic rings. The minimum atomic E-state index is -0.653. The second-order valence-corrected chi connectivity index (χ2v) is 4.95. The van der Waals surface area contributed by atoms with Crippen LogP contribution >= 0.6 is 0 Å². The van der Waals surface area contributed by atoms with Gasteiger partial charge in [-0.1, -0.05) is 6.42 Å². The van der Waals surface area contributed by atoms with Gasteiger partial charge in [-0.3, -0.25) is 4.79 Å². The molecule has 2 N–H and O–H groups in total. The predicted octanol–water partition coefficient (Wildman–Crippen LogP) is 1.64. The first-order chi connectivity index (χ1) is 8.70. The third kappa shape index (κ3) is 3.10. The summed E-state index contributed by atoms with van der Waals surface area (Å²) in [6, 6.07) is 0.319. The molecule has 1 aliphatic carbocycles. The van der Waals surface area contributed by atoms with Crippen molar-refractivity contribution in [3.05, 3.63) is 18.2 Å². The van der Waals surface area contributed by atoms with Crippen LogP contribution in [-0.2, 0) is 17.9 Å². The second-order valence-electron chi connectivity index (χ2n) is 4.95. The van der Waals surface area contributed by atoms with E-state index in [4.69, 9.17) is 5.11 Å². The first-order valence-electron chi connectivity index (χ1n) is 6.66. The van der Waals surface area contributed by atoms with Gasteiger partial charge in [-0.25, -0.2) is 4.98 Å². The summed E-state index contributed by atoms with van der Waals surface area (Å²) in [6.07, 6.45) is 7.34. The molecule has 2 rings (SSSR count). The number of aryl methyl sites for hydroxylation is 1. The van der Waals surface area contributed by atoms with Gasteiger partial charge in [-0.2, -0.15) is 0 Å². The van der Waals surface area contributed by atoms with Gasteiger partial charge < -0.3 is 15.0 Å². The van der Waals surface area contributed by atoms with Gasteiger partial charge in [0.25, 0.3) is 0 Å². The zero-order chi connectivity index (χ0) is 13.0. The maximum absolute atomic E-state index is 11.0. The van der Waals surface area contributed by atoms with E-state index in [1.807, 2.05) is 12.5 Å². The number of carboxylic acids is 1. The number of carbonyl (C=O) groups is 1. The van der Waals surface area contributed by atoms with E-state index >= 15 is 0 Å². The number of nitrogens with zero attached hydrogens (tertiary/aromatic N) is 2. The minimum absolute atomic E-state index is 0.174. The summed E-state index contributed by atoms with van der Waals surface area (Å²) in [7, 11) is 0. The van der Waals surface area contributed by atoms with Crippen LogP contribution in [0.1, 0.15) is 38.3 Å². The molecule has 100 valence electrons. The number of rotatable bonds is 5. The van der Waals surface area contributed by atoms with Crippen molar-refractivity contribution in [1.29, 1.82) is 0 Å². The largest absolute Gasteiger partial charge is 0.481 e. The summed E-state index contributed by atoms with van der Waals surface area (Å²) >= 11 is 0. The van der Waals surface area contributed by atoms with Crippen molar-refractivity contribution >= 4 is 5.97 Å². The summed E-state index contributed by atoms with van der Waals surface area (Å²) in [5.74, 6) is -0.826. The molecule has 1 aliphatic rings. The Hall–Kier alpha value is -1.36. The highest BCUT2D eigenvalue weighted by atomic mass is 16.4. The van der Waals surface area contributed by atoms with E-state index in [0.717, 1.165) is 44.5 Å². The first-order valence-corrected chi connectivity index (χ1v) is 6.66. The van der Waals surface area contributed by atoms with Gasteiger partial charge in [0.2, 0.25) is 0 Å². The number of carboxylic acid groups (broad SMARTS) is 1. The van der Waals surface area contributed by atoms with Gasteiger partial charge in [-0.15, -0.1) is 0 Å². The van der Waals surface area contributed by atoms with E-state index in [9.17, 15) is 4.79 Å². The van der Waals surface area contributed by atoms with E-state index in [0.29, 0.717) is 6.04 Å². The van der Waals surface area contributed by atoms with E-state index < -0.39 is 5.97 Å². The Labute approximate surface area is 107 Å². The molecule has 0 amide bonds. The molecular weight excluding hydrogens is 230 g/mol. The maximum atomic E-state index is 11.0. The van der Waals surface area contributed by atoms with Gasteiger partial charge in [0, 0.05) is 25.3 Å². The van der Waals surface area contributed by atoms with E-state index in [-0.39, 0.29) is 5.92 Å². The minimum Gasteiger partial charge on any atom is -0.481 e. The third-order valence-electron chi connectivity index (χ3n) is 3.73. The van der Waals surface area contributed by atoms with Crippen LogP contribution in [0.4, 0.5) is 0 Å². The molecule has 0 spiro atoms. The second kappa shape index (κ2) is 6.00. The molecule has 1 aromatic heterocycles. The van der Waals surface area contributed by atoms with Gasteiger partial charge >= 0.3 is 5.97 Å². The topological polar surface area (TPSA) is 67.2 Å². The van der Waals surface area contributed by atoms with Crippen LogP contribution in [0.5, 0.6) is 0 Å². The molecular formula is C13H21N3O2. The Bertz CT molecular complexity index is 403. The SMILES string of the molecule is CCn1cncc1CNC1CCCC(C(=O)O)C1. The maximum Gasteiger partial charge on any atom is 0.306 e. The fourth-order valence-electron chi connectivity index (χ4n) is 2.63. The van der Waals surface area contributed by atoms with Gasteiger partial charge in [0.15, 0.2) is 0 Å². The Morgan fingerprint density at radius 2 is 2.44 bits per heavy atom. The Balaban J connectivity index is 1.85. The standard InChI is InChI=1S/C13H21N3O2/c1-2-16-9-14-7-12(16)8-15-11-5-3-4-10(6-11)13(17)18/h7,9-11,15H,2-6,8H2,1H3,(H,17,18). The normalized spacial score (nSPS) is 24.1. The van der Waals surface area contributed by atoms with Crippen molar-refractivity contribution in [2.75, 3.05) is 0 Å². The van der Waals surface area contributed by atoms with Crippen molar-refractivity contribution < 1.29 is 9.90 Å². The van der Waals surface area contributed by atoms with Crippen LogP contribution in [0.15, 0.2) is 12.5 Å². The third-order valence-corrected chi connectivity index (χ3v) is 3.73. The van der Waals surface area contributed by atoms with Gasteiger partial charge in [0.1, 0.15) is 0 Å². The first kappa shape index (κ1) is 13.1. The molecule has 0 aromatic carbocycles. The van der Waals surface area contributed by atoms with Crippen LogP contribution < -0.4 is 5.32 Å². The number of hydrogen-bond donors (Lipinski definition) is 2. The molecule has 5 nitrogen and oxygen atoms in total. The quantitative estimate of drug-likeness (QED) is 0.834. The molecule has 1 heterocycles. The molecule has 1 fully saturated rings. The number of aliphatic carboxylic acids is 1. The lowest BCUT2D eigenvalue weighted by molar-refractivity contribution is -0.143. The number of hydrogen-bond acceptors (Lipinski definition) is 3. The lowest BCUT2D eigenvalue weighted by atomic mass is 9.86. The molecule has 0 saturated heterocycles. The molecule has 5 heteroatoms. The van der Waals surface area contributed by atoms with E-state index in [1.54, 1.807) is 0 Å². The summed E-state index contributed by atoms with van der Waals surface area (Å²) in [5.41, 5.74) is 1.16. The number of aromatic nitrogens is 2. The average molecular weight is 251 g/mol. The molecule has 1 saturated carbocycles. The van der Waals surface area contributed by atoms with Gasteiger partial charge in [-0.05, 0) is 26.2 Å². The molecule has 2 atom stereocenters. The van der Waals surface area contributed by atoms with Crippen LogP contribution in [0.2, 0.25) is 0 Å². The molecule has 18 heavy (non-hydrogen) atoms. The van der Waals surface area contributed by atoms with Gasteiger partial charge in [0.05, 0.1) is 17.9 Å². The number of imidazole rings is 1. The fourth-order valence-corrected chi connectivity index (χ4v) is 2.63. The zero-order valence-electron chi connectivity index (χ0n) is 10.8. The smallest absolute Gasteiger partial charge is 0.306 e. The summed E-state index contributed by atoms with van der Waals surface area (Å²) < 4.78 is 2.10. The summed E-state index contributed by atoms with van der Waals surface area (Å²) in [6.45, 7) is 3.77.